The zero-order chi connectivity index (χ0) is 15.1. The van der Waals surface area contributed by atoms with E-state index in [1.165, 1.54) is 12.8 Å². The largest absolute Gasteiger partial charge is 0.465 e. The minimum atomic E-state index is -0.442. The van der Waals surface area contributed by atoms with E-state index in [4.69, 9.17) is 9.26 Å². The standard InChI is InChI=1S/C15H25N3O3/c1-3-9-12(14(19)20-4-2)13-16-15(17-21-13)18-10-7-5-6-8-11-18/h12H,3-11H2,1-2H3. The van der Waals surface area contributed by atoms with Crippen LogP contribution in [0.15, 0.2) is 4.52 Å². The molecule has 0 radical (unpaired) electrons. The maximum absolute atomic E-state index is 12.0. The van der Waals surface area contributed by atoms with Crippen LogP contribution in [0, 0.1) is 0 Å². The fraction of sp³-hybridized carbons (Fsp3) is 0.800. The van der Waals surface area contributed by atoms with E-state index in [2.05, 4.69) is 15.0 Å². The molecule has 1 saturated heterocycles. The lowest BCUT2D eigenvalue weighted by atomic mass is 10.0. The van der Waals surface area contributed by atoms with Crippen molar-refractivity contribution >= 4 is 11.9 Å². The highest BCUT2D eigenvalue weighted by Gasteiger charge is 2.28. The summed E-state index contributed by atoms with van der Waals surface area (Å²) in [4.78, 5) is 18.6. The Bertz CT molecular complexity index is 439. The summed E-state index contributed by atoms with van der Waals surface area (Å²) in [5.74, 6) is 0.278. The lowest BCUT2D eigenvalue weighted by Crippen LogP contribution is -2.25. The highest BCUT2D eigenvalue weighted by Crippen LogP contribution is 2.24. The second-order valence-electron chi connectivity index (χ2n) is 5.43. The summed E-state index contributed by atoms with van der Waals surface area (Å²) in [6, 6.07) is 0. The summed E-state index contributed by atoms with van der Waals surface area (Å²) in [7, 11) is 0. The highest BCUT2D eigenvalue weighted by molar-refractivity contribution is 5.76. The van der Waals surface area contributed by atoms with Crippen molar-refractivity contribution in [2.24, 2.45) is 0 Å². The molecule has 6 nitrogen and oxygen atoms in total. The van der Waals surface area contributed by atoms with E-state index in [9.17, 15) is 4.79 Å². The van der Waals surface area contributed by atoms with Crippen LogP contribution < -0.4 is 4.90 Å². The Morgan fingerprint density at radius 2 is 2.00 bits per heavy atom. The maximum Gasteiger partial charge on any atom is 0.318 e. The predicted molar refractivity (Wildman–Crippen MR) is 79.3 cm³/mol. The van der Waals surface area contributed by atoms with E-state index in [0.717, 1.165) is 32.4 Å². The molecular weight excluding hydrogens is 270 g/mol. The number of ether oxygens (including phenoxy) is 1. The van der Waals surface area contributed by atoms with E-state index >= 15 is 0 Å². The number of carbonyl (C=O) groups is 1. The molecule has 0 aromatic carbocycles. The molecule has 0 amide bonds. The average Bonchev–Trinajstić information content (AvgIpc) is 2.79. The molecule has 6 heteroatoms. The topological polar surface area (TPSA) is 68.5 Å². The van der Waals surface area contributed by atoms with Gasteiger partial charge >= 0.3 is 5.97 Å². The molecule has 1 atom stereocenters. The molecule has 2 heterocycles. The van der Waals surface area contributed by atoms with Crippen LogP contribution in [0.25, 0.3) is 0 Å². The van der Waals surface area contributed by atoms with Crippen LogP contribution in [0.3, 0.4) is 0 Å². The number of hydrogen-bond acceptors (Lipinski definition) is 6. The Kier molecular flexibility index (Phi) is 6.02. The molecule has 1 aliphatic rings. The Balaban J connectivity index is 2.09. The molecule has 118 valence electrons. The zero-order valence-corrected chi connectivity index (χ0v) is 13.0. The molecule has 1 aromatic rings. The highest BCUT2D eigenvalue weighted by atomic mass is 16.5. The molecule has 2 rings (SSSR count). The van der Waals surface area contributed by atoms with E-state index in [-0.39, 0.29) is 5.97 Å². The Morgan fingerprint density at radius 3 is 2.62 bits per heavy atom. The van der Waals surface area contributed by atoms with Crippen molar-refractivity contribution < 1.29 is 14.1 Å². The van der Waals surface area contributed by atoms with Gasteiger partial charge in [0.15, 0.2) is 0 Å². The first-order valence-corrected chi connectivity index (χ1v) is 8.01. The summed E-state index contributed by atoms with van der Waals surface area (Å²) < 4.78 is 10.4. The maximum atomic E-state index is 12.0. The first kappa shape index (κ1) is 15.8. The smallest absolute Gasteiger partial charge is 0.318 e. The first-order valence-electron chi connectivity index (χ1n) is 8.01. The first-order chi connectivity index (χ1) is 10.3. The molecule has 1 aliphatic heterocycles. The predicted octanol–water partition coefficient (Wildman–Crippen LogP) is 2.90. The van der Waals surface area contributed by atoms with Crippen LogP contribution in [0.2, 0.25) is 0 Å². The van der Waals surface area contributed by atoms with Crippen molar-refractivity contribution in [1.82, 2.24) is 10.1 Å². The quantitative estimate of drug-likeness (QED) is 0.752. The summed E-state index contributed by atoms with van der Waals surface area (Å²) in [5, 5.41) is 4.06. The number of hydrogen-bond donors (Lipinski definition) is 0. The van der Waals surface area contributed by atoms with Gasteiger partial charge in [0, 0.05) is 13.1 Å². The molecule has 1 unspecified atom stereocenters. The van der Waals surface area contributed by atoms with E-state index in [0.29, 0.717) is 24.9 Å². The van der Waals surface area contributed by atoms with Crippen molar-refractivity contribution in [2.75, 3.05) is 24.6 Å². The van der Waals surface area contributed by atoms with Crippen LogP contribution in [-0.2, 0) is 9.53 Å². The average molecular weight is 295 g/mol. The van der Waals surface area contributed by atoms with E-state index in [1.807, 2.05) is 6.92 Å². The minimum absolute atomic E-state index is 0.273. The molecule has 21 heavy (non-hydrogen) atoms. The molecule has 0 bridgehead atoms. The van der Waals surface area contributed by atoms with Gasteiger partial charge in [-0.05, 0) is 31.3 Å². The SMILES string of the molecule is CCCC(C(=O)OCC)c1nc(N2CCCCCC2)no1. The fourth-order valence-corrected chi connectivity index (χ4v) is 2.64. The summed E-state index contributed by atoms with van der Waals surface area (Å²) in [6.07, 6.45) is 6.34. The van der Waals surface area contributed by atoms with Crippen molar-refractivity contribution in [1.29, 1.82) is 0 Å². The van der Waals surface area contributed by atoms with Gasteiger partial charge in [0.2, 0.25) is 5.89 Å². The van der Waals surface area contributed by atoms with Gasteiger partial charge < -0.3 is 14.2 Å². The van der Waals surface area contributed by atoms with Gasteiger partial charge in [0.25, 0.3) is 5.95 Å². The lowest BCUT2D eigenvalue weighted by molar-refractivity contribution is -0.145. The number of anilines is 1. The molecule has 1 aromatic heterocycles. The van der Waals surface area contributed by atoms with Crippen molar-refractivity contribution in [3.63, 3.8) is 0 Å². The number of nitrogens with zero attached hydrogens (tertiary/aromatic N) is 3. The summed E-state index contributed by atoms with van der Waals surface area (Å²) in [6.45, 7) is 6.11. The van der Waals surface area contributed by atoms with Gasteiger partial charge in [-0.2, -0.15) is 4.98 Å². The lowest BCUT2D eigenvalue weighted by Gasteiger charge is -2.16. The van der Waals surface area contributed by atoms with Gasteiger partial charge in [0.05, 0.1) is 6.61 Å². The number of carbonyl (C=O) groups excluding carboxylic acids is 1. The van der Waals surface area contributed by atoms with Gasteiger partial charge in [-0.3, -0.25) is 4.79 Å². The second kappa shape index (κ2) is 8.00. The van der Waals surface area contributed by atoms with E-state index in [1.54, 1.807) is 6.92 Å². The summed E-state index contributed by atoms with van der Waals surface area (Å²) in [5.41, 5.74) is 0. The Hall–Kier alpha value is -1.59. The molecule has 0 saturated carbocycles. The van der Waals surface area contributed by atoms with Crippen LogP contribution in [0.5, 0.6) is 0 Å². The van der Waals surface area contributed by atoms with Crippen LogP contribution >= 0.6 is 0 Å². The third-order valence-corrected chi connectivity index (χ3v) is 3.77. The van der Waals surface area contributed by atoms with Crippen molar-refractivity contribution in [3.05, 3.63) is 5.89 Å². The monoisotopic (exact) mass is 295 g/mol. The fourth-order valence-electron chi connectivity index (χ4n) is 2.64. The van der Waals surface area contributed by atoms with Gasteiger partial charge in [-0.15, -0.1) is 0 Å². The summed E-state index contributed by atoms with van der Waals surface area (Å²) >= 11 is 0. The third kappa shape index (κ3) is 4.19. The molecular formula is C15H25N3O3. The number of aromatic nitrogens is 2. The molecule has 1 fully saturated rings. The van der Waals surface area contributed by atoms with Crippen LogP contribution in [-0.4, -0.2) is 35.8 Å². The van der Waals surface area contributed by atoms with Crippen molar-refractivity contribution in [3.8, 4) is 0 Å². The van der Waals surface area contributed by atoms with Crippen LogP contribution in [0.1, 0.15) is 64.2 Å². The minimum Gasteiger partial charge on any atom is -0.465 e. The van der Waals surface area contributed by atoms with Crippen molar-refractivity contribution in [2.45, 2.75) is 58.3 Å². The second-order valence-corrected chi connectivity index (χ2v) is 5.43. The normalized spacial score (nSPS) is 17.3. The van der Waals surface area contributed by atoms with Crippen LogP contribution in [0.4, 0.5) is 5.95 Å². The van der Waals surface area contributed by atoms with E-state index < -0.39 is 5.92 Å². The molecule has 0 N–H and O–H groups in total. The number of rotatable bonds is 6. The van der Waals surface area contributed by atoms with Gasteiger partial charge in [-0.1, -0.05) is 26.2 Å². The third-order valence-electron chi connectivity index (χ3n) is 3.77. The number of esters is 1. The molecule has 0 aliphatic carbocycles. The zero-order valence-electron chi connectivity index (χ0n) is 13.0. The Morgan fingerprint density at radius 1 is 1.29 bits per heavy atom. The van der Waals surface area contributed by atoms with Gasteiger partial charge in [0.1, 0.15) is 5.92 Å². The Labute approximate surface area is 125 Å². The van der Waals surface area contributed by atoms with Gasteiger partial charge in [-0.25, -0.2) is 0 Å². The molecule has 0 spiro atoms.